The average Bonchev–Trinajstić information content (AvgIpc) is 2.12. The molecule has 0 nitrogen and oxygen atoms in total. The van der Waals surface area contributed by atoms with Gasteiger partial charge >= 0.3 is 0 Å². The lowest BCUT2D eigenvalue weighted by atomic mass is 10.1. The Hall–Kier alpha value is -0.300. The van der Waals surface area contributed by atoms with E-state index < -0.39 is 0 Å². The van der Waals surface area contributed by atoms with Gasteiger partial charge in [0.1, 0.15) is 10.8 Å². The Morgan fingerprint density at radius 1 is 1.50 bits per heavy atom. The second kappa shape index (κ2) is 2.31. The molecular formula is C7H11S+. The molecule has 1 aromatic heterocycles. The van der Waals surface area contributed by atoms with Crippen molar-refractivity contribution in [1.82, 2.24) is 0 Å². The first-order valence-electron chi connectivity index (χ1n) is 2.87. The summed E-state index contributed by atoms with van der Waals surface area (Å²) in [5.74, 6) is 0.709. The Morgan fingerprint density at radius 2 is 2.25 bits per heavy atom. The number of thiophene rings is 1. The van der Waals surface area contributed by atoms with Crippen molar-refractivity contribution in [1.29, 1.82) is 0 Å². The van der Waals surface area contributed by atoms with Gasteiger partial charge < -0.3 is 0 Å². The van der Waals surface area contributed by atoms with Gasteiger partial charge in [0.15, 0.2) is 0 Å². The Bertz CT molecular complexity index is 139. The third-order valence-electron chi connectivity index (χ3n) is 1.24. The largest absolute Gasteiger partial charge is 0.138 e. The Morgan fingerprint density at radius 3 is 2.50 bits per heavy atom. The van der Waals surface area contributed by atoms with Crippen LogP contribution >= 0.6 is 11.3 Å². The second-order valence-electron chi connectivity index (χ2n) is 2.25. The van der Waals surface area contributed by atoms with Crippen LogP contribution < -0.4 is 0 Å². The Balaban J connectivity index is 2.77. The minimum Gasteiger partial charge on any atom is -0.0585 e. The molecule has 0 N–H and O–H groups in total. The van der Waals surface area contributed by atoms with Crippen LogP contribution in [0.2, 0.25) is 0 Å². The lowest BCUT2D eigenvalue weighted by Crippen LogP contribution is -1.79. The van der Waals surface area contributed by atoms with Crippen molar-refractivity contribution in [3.8, 4) is 0 Å². The second-order valence-corrected chi connectivity index (χ2v) is 3.10. The van der Waals surface area contributed by atoms with E-state index in [2.05, 4.69) is 30.7 Å². The van der Waals surface area contributed by atoms with Gasteiger partial charge in [-0.2, -0.15) is 0 Å². The van der Waals surface area contributed by atoms with Crippen LogP contribution in [0.4, 0.5) is 0 Å². The smallest absolute Gasteiger partial charge is 0.0585 e. The minimum atomic E-state index is 0.709. The summed E-state index contributed by atoms with van der Waals surface area (Å²) in [4.78, 5) is 0. The molecule has 8 heavy (non-hydrogen) atoms. The van der Waals surface area contributed by atoms with Gasteiger partial charge in [-0.1, -0.05) is 13.8 Å². The molecule has 0 aliphatic carbocycles. The molecule has 44 valence electrons. The van der Waals surface area contributed by atoms with E-state index >= 15 is 0 Å². The molecule has 0 amide bonds. The molecule has 0 fully saturated rings. The molecule has 0 saturated carbocycles. The first kappa shape index (κ1) is 5.83. The molecule has 0 unspecified atom stereocenters. The lowest BCUT2D eigenvalue weighted by molar-refractivity contribution is 0.872. The topological polar surface area (TPSA) is 0 Å². The van der Waals surface area contributed by atoms with Gasteiger partial charge in [0, 0.05) is 5.56 Å². The molecule has 1 heterocycles. The molecule has 0 saturated heterocycles. The van der Waals surface area contributed by atoms with E-state index in [-0.39, 0.29) is 0 Å². The fraction of sp³-hybridized carbons (Fsp3) is 0.429. The quantitative estimate of drug-likeness (QED) is 0.509. The van der Waals surface area contributed by atoms with Crippen LogP contribution in [0, 0.1) is 0 Å². The van der Waals surface area contributed by atoms with E-state index in [1.54, 1.807) is 0 Å². The molecule has 1 rings (SSSR count). The SMILES string of the molecule is CC(C)c1cc[sH+]c1. The van der Waals surface area contributed by atoms with E-state index in [1.807, 2.05) is 0 Å². The Labute approximate surface area is 54.2 Å². The van der Waals surface area contributed by atoms with Crippen LogP contribution in [-0.4, -0.2) is 0 Å². The summed E-state index contributed by atoms with van der Waals surface area (Å²) in [5, 5.41) is 4.43. The molecular weight excluding hydrogens is 116 g/mol. The van der Waals surface area contributed by atoms with Gasteiger partial charge in [0.25, 0.3) is 0 Å². The fourth-order valence-corrected chi connectivity index (χ4v) is 1.54. The van der Waals surface area contributed by atoms with Crippen molar-refractivity contribution in [2.24, 2.45) is 0 Å². The summed E-state index contributed by atoms with van der Waals surface area (Å²) in [6.07, 6.45) is 0. The standard InChI is InChI=1S/C7H10S/c1-6(2)7-3-4-8-5-7/h3-6H,1-2H3/p+1. The van der Waals surface area contributed by atoms with Crippen molar-refractivity contribution in [2.45, 2.75) is 19.8 Å². The zero-order valence-electron chi connectivity index (χ0n) is 5.26. The summed E-state index contributed by atoms with van der Waals surface area (Å²) >= 11 is 1.35. The Kier molecular flexibility index (Phi) is 1.69. The van der Waals surface area contributed by atoms with Crippen LogP contribution in [0.3, 0.4) is 0 Å². The average molecular weight is 127 g/mol. The van der Waals surface area contributed by atoms with Crippen LogP contribution in [0.25, 0.3) is 0 Å². The van der Waals surface area contributed by atoms with Gasteiger partial charge in [0.05, 0.1) is 0 Å². The zero-order chi connectivity index (χ0) is 5.98. The van der Waals surface area contributed by atoms with E-state index in [4.69, 9.17) is 0 Å². The van der Waals surface area contributed by atoms with Crippen LogP contribution in [0.5, 0.6) is 0 Å². The molecule has 0 bridgehead atoms. The normalized spacial score (nSPS) is 10.4. The van der Waals surface area contributed by atoms with Crippen molar-refractivity contribution < 1.29 is 0 Å². The van der Waals surface area contributed by atoms with Gasteiger partial charge in [-0.25, -0.2) is 0 Å². The molecule has 0 aromatic carbocycles. The summed E-state index contributed by atoms with van der Waals surface area (Å²) in [7, 11) is 0. The van der Waals surface area contributed by atoms with E-state index in [1.165, 1.54) is 16.9 Å². The summed E-state index contributed by atoms with van der Waals surface area (Å²) in [6.45, 7) is 4.44. The predicted molar refractivity (Wildman–Crippen MR) is 39.8 cm³/mol. The van der Waals surface area contributed by atoms with Gasteiger partial charge in [0.2, 0.25) is 0 Å². The van der Waals surface area contributed by atoms with Crippen molar-refractivity contribution in [3.63, 3.8) is 0 Å². The van der Waals surface area contributed by atoms with Crippen LogP contribution in [-0.2, 0) is 0 Å². The van der Waals surface area contributed by atoms with Gasteiger partial charge in [-0.3, -0.25) is 0 Å². The first-order chi connectivity index (χ1) is 3.80. The maximum absolute atomic E-state index is 2.25. The van der Waals surface area contributed by atoms with Gasteiger partial charge in [-0.05, 0) is 23.3 Å². The number of hydrogen-bond acceptors (Lipinski definition) is 0. The minimum absolute atomic E-state index is 0.709. The van der Waals surface area contributed by atoms with E-state index in [9.17, 15) is 0 Å². The maximum atomic E-state index is 2.25. The molecule has 0 spiro atoms. The van der Waals surface area contributed by atoms with E-state index in [0.29, 0.717) is 5.92 Å². The summed E-state index contributed by atoms with van der Waals surface area (Å²) < 4.78 is 0. The molecule has 1 aromatic rings. The highest BCUT2D eigenvalue weighted by atomic mass is 32.1. The molecule has 1 heteroatoms. The number of hydrogen-bond donors (Lipinski definition) is 0. The first-order valence-corrected chi connectivity index (χ1v) is 3.90. The molecule has 0 atom stereocenters. The highest BCUT2D eigenvalue weighted by Gasteiger charge is 1.99. The van der Waals surface area contributed by atoms with Crippen molar-refractivity contribution in [3.05, 3.63) is 22.4 Å². The number of rotatable bonds is 1. The summed E-state index contributed by atoms with van der Waals surface area (Å²) in [5.41, 5.74) is 1.48. The zero-order valence-corrected chi connectivity index (χ0v) is 6.15. The molecule has 0 aliphatic heterocycles. The maximum Gasteiger partial charge on any atom is 0.138 e. The molecule has 0 aliphatic rings. The fourth-order valence-electron chi connectivity index (χ4n) is 0.643. The molecule has 0 radical (unpaired) electrons. The lowest BCUT2D eigenvalue weighted by Gasteiger charge is -1.93. The third kappa shape index (κ3) is 1.10. The monoisotopic (exact) mass is 127 g/mol. The third-order valence-corrected chi connectivity index (χ3v) is 2.01. The van der Waals surface area contributed by atoms with Crippen molar-refractivity contribution >= 4 is 11.3 Å². The van der Waals surface area contributed by atoms with Crippen molar-refractivity contribution in [2.75, 3.05) is 0 Å². The summed E-state index contributed by atoms with van der Waals surface area (Å²) in [6, 6.07) is 2.20. The highest BCUT2D eigenvalue weighted by molar-refractivity contribution is 7.07. The highest BCUT2D eigenvalue weighted by Crippen LogP contribution is 2.16. The van der Waals surface area contributed by atoms with Gasteiger partial charge in [-0.15, -0.1) is 0 Å². The van der Waals surface area contributed by atoms with Crippen LogP contribution in [0.1, 0.15) is 25.3 Å². The van der Waals surface area contributed by atoms with E-state index in [0.717, 1.165) is 0 Å². The van der Waals surface area contributed by atoms with Crippen LogP contribution in [0.15, 0.2) is 16.8 Å². The predicted octanol–water partition coefficient (Wildman–Crippen LogP) is 2.60.